The normalized spacial score (nSPS) is 11.0. The largest absolute Gasteiger partial charge is 0.494 e. The summed E-state index contributed by atoms with van der Waals surface area (Å²) in [5, 5.41) is 0. The number of hydrogen-bond acceptors (Lipinski definition) is 3. The lowest BCUT2D eigenvalue weighted by atomic mass is 10.1. The minimum atomic E-state index is 0.793. The Balaban J connectivity index is 1.62. The van der Waals surface area contributed by atoms with Crippen LogP contribution in [0, 0.1) is 0 Å². The van der Waals surface area contributed by atoms with Crippen LogP contribution in [0.4, 0.5) is 0 Å². The summed E-state index contributed by atoms with van der Waals surface area (Å²) in [5.74, 6) is 1.73. The fourth-order valence-electron chi connectivity index (χ4n) is 3.87. The maximum atomic E-state index is 5.85. The van der Waals surface area contributed by atoms with Crippen LogP contribution in [-0.2, 0) is 6.42 Å². The first-order valence-corrected chi connectivity index (χ1v) is 12.9. The van der Waals surface area contributed by atoms with E-state index in [0.717, 1.165) is 36.6 Å². The van der Waals surface area contributed by atoms with Gasteiger partial charge < -0.3 is 4.74 Å². The lowest BCUT2D eigenvalue weighted by Crippen LogP contribution is -1.97. The van der Waals surface area contributed by atoms with Gasteiger partial charge in [-0.1, -0.05) is 90.9 Å². The number of aryl methyl sites for hydroxylation is 1. The van der Waals surface area contributed by atoms with E-state index in [-0.39, 0.29) is 0 Å². The zero-order chi connectivity index (χ0) is 22.0. The van der Waals surface area contributed by atoms with Crippen LogP contribution < -0.4 is 4.74 Å². The zero-order valence-electron chi connectivity index (χ0n) is 20.1. The van der Waals surface area contributed by atoms with Crippen molar-refractivity contribution in [1.82, 2.24) is 9.97 Å². The van der Waals surface area contributed by atoms with Crippen LogP contribution in [0.5, 0.6) is 5.75 Å². The van der Waals surface area contributed by atoms with E-state index in [0.29, 0.717) is 0 Å². The monoisotopic (exact) mass is 424 g/mol. The molecule has 0 aliphatic heterocycles. The highest BCUT2D eigenvalue weighted by Gasteiger charge is 2.03. The maximum absolute atomic E-state index is 5.85. The van der Waals surface area contributed by atoms with Crippen molar-refractivity contribution in [1.29, 1.82) is 0 Å². The minimum absolute atomic E-state index is 0.793. The Kier molecular flexibility index (Phi) is 13.7. The van der Waals surface area contributed by atoms with Crippen LogP contribution >= 0.6 is 0 Å². The first-order chi connectivity index (χ1) is 15.3. The molecule has 0 amide bonds. The molecule has 3 heteroatoms. The van der Waals surface area contributed by atoms with E-state index >= 15 is 0 Å². The molecule has 1 aromatic heterocycles. The van der Waals surface area contributed by atoms with Crippen molar-refractivity contribution in [2.75, 3.05) is 6.61 Å². The van der Waals surface area contributed by atoms with Crippen LogP contribution in [0.1, 0.15) is 109 Å². The van der Waals surface area contributed by atoms with Crippen LogP contribution in [0.2, 0.25) is 0 Å². The molecule has 3 nitrogen and oxygen atoms in total. The summed E-state index contributed by atoms with van der Waals surface area (Å²) in [6, 6.07) is 8.17. The van der Waals surface area contributed by atoms with E-state index in [1.165, 1.54) is 89.0 Å². The minimum Gasteiger partial charge on any atom is -0.494 e. The van der Waals surface area contributed by atoms with Crippen molar-refractivity contribution < 1.29 is 4.74 Å². The predicted molar refractivity (Wildman–Crippen MR) is 133 cm³/mol. The average molecular weight is 425 g/mol. The average Bonchev–Trinajstić information content (AvgIpc) is 2.81. The van der Waals surface area contributed by atoms with Crippen molar-refractivity contribution in [3.8, 4) is 17.1 Å². The highest BCUT2D eigenvalue weighted by atomic mass is 16.5. The highest BCUT2D eigenvalue weighted by Crippen LogP contribution is 2.20. The van der Waals surface area contributed by atoms with Gasteiger partial charge in [0.2, 0.25) is 0 Å². The van der Waals surface area contributed by atoms with Crippen LogP contribution in [0.15, 0.2) is 36.7 Å². The van der Waals surface area contributed by atoms with Crippen LogP contribution in [0.3, 0.4) is 0 Å². The Morgan fingerprint density at radius 1 is 0.613 bits per heavy atom. The summed E-state index contributed by atoms with van der Waals surface area (Å²) in [7, 11) is 0. The summed E-state index contributed by atoms with van der Waals surface area (Å²) >= 11 is 0. The smallest absolute Gasteiger partial charge is 0.159 e. The molecular formula is C28H44N2O. The standard InChI is InChI=1S/C28H44N2O/c1-3-5-7-9-10-11-12-13-15-17-25-23-29-28(30-24-25)26-18-20-27(21-19-26)31-22-16-14-8-6-4-2/h18-21,23-24H,3-17,22H2,1-2H3. The van der Waals surface area contributed by atoms with Gasteiger partial charge in [-0.3, -0.25) is 0 Å². The quantitative estimate of drug-likeness (QED) is 0.225. The van der Waals surface area contributed by atoms with Gasteiger partial charge in [0.25, 0.3) is 0 Å². The fourth-order valence-corrected chi connectivity index (χ4v) is 3.87. The molecule has 0 aliphatic rings. The van der Waals surface area contributed by atoms with Gasteiger partial charge in [-0.15, -0.1) is 0 Å². The Morgan fingerprint density at radius 3 is 1.71 bits per heavy atom. The molecule has 172 valence electrons. The van der Waals surface area contributed by atoms with Gasteiger partial charge in [-0.25, -0.2) is 9.97 Å². The van der Waals surface area contributed by atoms with Crippen molar-refractivity contribution in [3.05, 3.63) is 42.2 Å². The molecule has 0 spiro atoms. The molecule has 1 aromatic carbocycles. The summed E-state index contributed by atoms with van der Waals surface area (Å²) in [5.41, 5.74) is 2.29. The zero-order valence-corrected chi connectivity index (χ0v) is 20.1. The van der Waals surface area contributed by atoms with Gasteiger partial charge in [0.15, 0.2) is 5.82 Å². The van der Waals surface area contributed by atoms with Gasteiger partial charge in [0.1, 0.15) is 5.75 Å². The van der Waals surface area contributed by atoms with E-state index in [4.69, 9.17) is 4.74 Å². The third-order valence-electron chi connectivity index (χ3n) is 5.90. The van der Waals surface area contributed by atoms with Gasteiger partial charge >= 0.3 is 0 Å². The summed E-state index contributed by atoms with van der Waals surface area (Å²) in [6.07, 6.45) is 23.6. The first kappa shape index (κ1) is 25.4. The van der Waals surface area contributed by atoms with E-state index in [2.05, 4.69) is 35.9 Å². The number of rotatable bonds is 18. The van der Waals surface area contributed by atoms with Gasteiger partial charge in [0, 0.05) is 18.0 Å². The molecule has 0 saturated heterocycles. The van der Waals surface area contributed by atoms with E-state index in [9.17, 15) is 0 Å². The molecule has 0 fully saturated rings. The van der Waals surface area contributed by atoms with E-state index < -0.39 is 0 Å². The second-order valence-corrected chi connectivity index (χ2v) is 8.78. The first-order valence-electron chi connectivity index (χ1n) is 12.9. The number of aromatic nitrogens is 2. The molecule has 31 heavy (non-hydrogen) atoms. The fraction of sp³-hybridized carbons (Fsp3) is 0.643. The Morgan fingerprint density at radius 2 is 1.13 bits per heavy atom. The molecule has 0 atom stereocenters. The Bertz CT molecular complexity index is 666. The molecular weight excluding hydrogens is 380 g/mol. The lowest BCUT2D eigenvalue weighted by Gasteiger charge is -2.07. The molecule has 0 saturated carbocycles. The molecule has 2 aromatic rings. The molecule has 0 radical (unpaired) electrons. The molecule has 0 bridgehead atoms. The SMILES string of the molecule is CCCCCCCCCCCc1cnc(-c2ccc(OCCCCCCC)cc2)nc1. The third kappa shape index (κ3) is 11.3. The van der Waals surface area contributed by atoms with Gasteiger partial charge in [-0.2, -0.15) is 0 Å². The number of benzene rings is 1. The van der Waals surface area contributed by atoms with Gasteiger partial charge in [0.05, 0.1) is 6.61 Å². The Hall–Kier alpha value is -1.90. The number of ether oxygens (including phenoxy) is 1. The van der Waals surface area contributed by atoms with Crippen LogP contribution in [0.25, 0.3) is 11.4 Å². The molecule has 1 heterocycles. The summed E-state index contributed by atoms with van der Waals surface area (Å²) in [4.78, 5) is 9.17. The third-order valence-corrected chi connectivity index (χ3v) is 5.90. The van der Waals surface area contributed by atoms with Gasteiger partial charge in [-0.05, 0) is 49.1 Å². The number of hydrogen-bond donors (Lipinski definition) is 0. The topological polar surface area (TPSA) is 35.0 Å². The molecule has 0 aliphatic carbocycles. The molecule has 0 unspecified atom stereocenters. The number of nitrogens with zero attached hydrogens (tertiary/aromatic N) is 2. The van der Waals surface area contributed by atoms with Crippen molar-refractivity contribution in [2.45, 2.75) is 110 Å². The van der Waals surface area contributed by atoms with Crippen molar-refractivity contribution >= 4 is 0 Å². The highest BCUT2D eigenvalue weighted by molar-refractivity contribution is 5.55. The van der Waals surface area contributed by atoms with Crippen molar-refractivity contribution in [2.24, 2.45) is 0 Å². The molecule has 0 N–H and O–H groups in total. The van der Waals surface area contributed by atoms with E-state index in [1.807, 2.05) is 24.5 Å². The number of unbranched alkanes of at least 4 members (excludes halogenated alkanes) is 12. The predicted octanol–water partition coefficient (Wildman–Crippen LogP) is 8.57. The molecule has 2 rings (SSSR count). The Labute approximate surface area is 191 Å². The lowest BCUT2D eigenvalue weighted by molar-refractivity contribution is 0.304. The summed E-state index contributed by atoms with van der Waals surface area (Å²) in [6.45, 7) is 5.32. The van der Waals surface area contributed by atoms with E-state index in [1.54, 1.807) is 0 Å². The second kappa shape index (κ2) is 16.8. The van der Waals surface area contributed by atoms with Crippen LogP contribution in [-0.4, -0.2) is 16.6 Å². The van der Waals surface area contributed by atoms with Crippen molar-refractivity contribution in [3.63, 3.8) is 0 Å². The maximum Gasteiger partial charge on any atom is 0.159 e. The summed E-state index contributed by atoms with van der Waals surface area (Å²) < 4.78 is 5.85. The second-order valence-electron chi connectivity index (χ2n) is 8.78.